The van der Waals surface area contributed by atoms with Gasteiger partial charge in [-0.25, -0.2) is 0 Å². The summed E-state index contributed by atoms with van der Waals surface area (Å²) in [5, 5.41) is 12.3. The van der Waals surface area contributed by atoms with Crippen molar-refractivity contribution in [3.8, 4) is 0 Å². The molecule has 0 aliphatic carbocycles. The van der Waals surface area contributed by atoms with Crippen molar-refractivity contribution >= 4 is 51.0 Å². The van der Waals surface area contributed by atoms with Crippen molar-refractivity contribution < 1.29 is 27.9 Å². The number of anilines is 1. The number of halogens is 2. The zero-order valence-corrected chi connectivity index (χ0v) is 19.0. The van der Waals surface area contributed by atoms with Crippen LogP contribution in [0.5, 0.6) is 0 Å². The lowest BCUT2D eigenvalue weighted by Crippen LogP contribution is -2.52. The van der Waals surface area contributed by atoms with Crippen molar-refractivity contribution in [1.29, 1.82) is 0 Å². The molecule has 0 unspecified atom stereocenters. The minimum absolute atomic E-state index is 0.0795. The number of benzene rings is 1. The number of carboxylic acid groups (broad SMARTS) is 1. The molecule has 2 heterocycles. The van der Waals surface area contributed by atoms with E-state index in [1.165, 1.54) is 12.4 Å². The number of rotatable bonds is 8. The Kier molecular flexibility index (Phi) is 8.04. The van der Waals surface area contributed by atoms with Crippen molar-refractivity contribution in [3.05, 3.63) is 57.8 Å². The summed E-state index contributed by atoms with van der Waals surface area (Å²) < 4.78 is 33.5. The quantitative estimate of drug-likeness (QED) is 0.500. The molecule has 0 spiro atoms. The van der Waals surface area contributed by atoms with Crippen LogP contribution in [0.25, 0.3) is 0 Å². The molecule has 3 rings (SSSR count). The first-order chi connectivity index (χ1) is 15.2. The number of carbonyl (C=O) groups is 2. The van der Waals surface area contributed by atoms with Gasteiger partial charge in [0.2, 0.25) is 0 Å². The second-order valence-corrected chi connectivity index (χ2v) is 9.38. The van der Waals surface area contributed by atoms with Gasteiger partial charge in [0.25, 0.3) is 16.1 Å². The molecule has 2 aromatic rings. The molecular formula is C19H20Cl2N4O6S. The number of nitrogens with zero attached hydrogens (tertiary/aromatic N) is 2. The number of aromatic nitrogens is 1. The third-order valence-electron chi connectivity index (χ3n) is 4.63. The Morgan fingerprint density at radius 3 is 2.28 bits per heavy atom. The van der Waals surface area contributed by atoms with Gasteiger partial charge in [0.15, 0.2) is 0 Å². The standard InChI is InChI=1S/C19H20Cl2N4O6S/c20-14-10-22-11-15(21)17(14)18(26)23-13-3-1-12(2-4-13)9-16(19(27)28)24-32(29,30)25-5-7-31-8-6-25/h1-4,10-11,16,24H,5-9H2,(H,23,26)(H,27,28)/t16-/m0/s1. The van der Waals surface area contributed by atoms with Gasteiger partial charge in [-0.1, -0.05) is 35.3 Å². The second kappa shape index (κ2) is 10.6. The molecule has 13 heteroatoms. The van der Waals surface area contributed by atoms with Crippen LogP contribution in [0.1, 0.15) is 15.9 Å². The van der Waals surface area contributed by atoms with Crippen LogP contribution in [0, 0.1) is 0 Å². The molecule has 1 aromatic carbocycles. The molecule has 0 saturated carbocycles. The summed E-state index contributed by atoms with van der Waals surface area (Å²) in [5.41, 5.74) is 1.05. The lowest BCUT2D eigenvalue weighted by atomic mass is 10.1. The minimum Gasteiger partial charge on any atom is -0.480 e. The Bertz CT molecular complexity index is 1070. The van der Waals surface area contributed by atoms with Crippen LogP contribution in [0.3, 0.4) is 0 Å². The van der Waals surface area contributed by atoms with Crippen molar-refractivity contribution in [1.82, 2.24) is 14.0 Å². The average molecular weight is 503 g/mol. The van der Waals surface area contributed by atoms with Crippen LogP contribution >= 0.6 is 23.2 Å². The molecule has 1 fully saturated rings. The van der Waals surface area contributed by atoms with E-state index in [1.807, 2.05) is 0 Å². The molecule has 1 amide bonds. The number of carboxylic acids is 1. The van der Waals surface area contributed by atoms with E-state index in [9.17, 15) is 23.1 Å². The van der Waals surface area contributed by atoms with Gasteiger partial charge in [0, 0.05) is 31.2 Å². The molecule has 1 aliphatic rings. The third kappa shape index (κ3) is 6.15. The largest absolute Gasteiger partial charge is 0.480 e. The topological polar surface area (TPSA) is 138 Å². The van der Waals surface area contributed by atoms with Gasteiger partial charge in [-0.2, -0.15) is 17.4 Å². The van der Waals surface area contributed by atoms with E-state index >= 15 is 0 Å². The van der Waals surface area contributed by atoms with Gasteiger partial charge < -0.3 is 15.2 Å². The first-order valence-corrected chi connectivity index (χ1v) is 11.6. The van der Waals surface area contributed by atoms with Gasteiger partial charge >= 0.3 is 5.97 Å². The number of aliphatic carboxylic acids is 1. The van der Waals surface area contributed by atoms with Crippen LogP contribution in [0.2, 0.25) is 10.0 Å². The first-order valence-electron chi connectivity index (χ1n) is 9.44. The zero-order valence-electron chi connectivity index (χ0n) is 16.6. The summed E-state index contributed by atoms with van der Waals surface area (Å²) >= 11 is 12.0. The molecule has 172 valence electrons. The van der Waals surface area contributed by atoms with Crippen molar-refractivity contribution in [2.24, 2.45) is 0 Å². The molecule has 3 N–H and O–H groups in total. The highest BCUT2D eigenvalue weighted by Gasteiger charge is 2.30. The first kappa shape index (κ1) is 24.4. The second-order valence-electron chi connectivity index (χ2n) is 6.86. The Hall–Kier alpha value is -2.28. The number of pyridine rings is 1. The Morgan fingerprint density at radius 2 is 1.72 bits per heavy atom. The average Bonchev–Trinajstić information content (AvgIpc) is 2.75. The molecule has 0 radical (unpaired) electrons. The number of hydrogen-bond donors (Lipinski definition) is 3. The van der Waals surface area contributed by atoms with E-state index in [1.54, 1.807) is 24.3 Å². The van der Waals surface area contributed by atoms with Crippen LogP contribution in [0.4, 0.5) is 5.69 Å². The normalized spacial score (nSPS) is 15.8. The van der Waals surface area contributed by atoms with E-state index in [-0.39, 0.29) is 48.3 Å². The fourth-order valence-corrected chi connectivity index (χ4v) is 4.86. The summed E-state index contributed by atoms with van der Waals surface area (Å²) in [7, 11) is -3.98. The smallest absolute Gasteiger partial charge is 0.322 e. The van der Waals surface area contributed by atoms with Crippen molar-refractivity contribution in [2.75, 3.05) is 31.6 Å². The summed E-state index contributed by atoms with van der Waals surface area (Å²) in [6.07, 6.45) is 2.51. The number of ether oxygens (including phenoxy) is 1. The van der Waals surface area contributed by atoms with E-state index < -0.39 is 28.1 Å². The molecule has 0 bridgehead atoms. The van der Waals surface area contributed by atoms with Crippen molar-refractivity contribution in [3.63, 3.8) is 0 Å². The lowest BCUT2D eigenvalue weighted by Gasteiger charge is -2.27. The highest BCUT2D eigenvalue weighted by Crippen LogP contribution is 2.24. The zero-order chi connectivity index (χ0) is 23.3. The van der Waals surface area contributed by atoms with E-state index in [0.29, 0.717) is 11.3 Å². The Morgan fingerprint density at radius 1 is 1.12 bits per heavy atom. The van der Waals surface area contributed by atoms with Crippen LogP contribution in [-0.2, 0) is 26.2 Å². The number of amides is 1. The van der Waals surface area contributed by atoms with E-state index in [0.717, 1.165) is 4.31 Å². The number of carbonyl (C=O) groups excluding carboxylic acids is 1. The van der Waals surface area contributed by atoms with E-state index in [2.05, 4.69) is 15.0 Å². The summed E-state index contributed by atoms with van der Waals surface area (Å²) in [6, 6.07) is 4.93. The molecular weight excluding hydrogens is 483 g/mol. The van der Waals surface area contributed by atoms with Crippen LogP contribution in [0.15, 0.2) is 36.7 Å². The molecule has 1 aromatic heterocycles. The highest BCUT2D eigenvalue weighted by atomic mass is 35.5. The SMILES string of the molecule is O=C(Nc1ccc(C[C@H](NS(=O)(=O)N2CCOCC2)C(=O)O)cc1)c1c(Cl)cncc1Cl. The monoisotopic (exact) mass is 502 g/mol. The Labute approximate surface area is 194 Å². The van der Waals surface area contributed by atoms with Gasteiger partial charge in [-0.05, 0) is 24.1 Å². The van der Waals surface area contributed by atoms with Gasteiger partial charge in [-0.3, -0.25) is 14.6 Å². The Balaban J connectivity index is 1.66. The maximum Gasteiger partial charge on any atom is 0.322 e. The number of hydrogen-bond acceptors (Lipinski definition) is 6. The summed E-state index contributed by atoms with van der Waals surface area (Å²) in [5.74, 6) is -1.84. The molecule has 1 aliphatic heterocycles. The van der Waals surface area contributed by atoms with Crippen molar-refractivity contribution in [2.45, 2.75) is 12.5 Å². The molecule has 10 nitrogen and oxygen atoms in total. The predicted octanol–water partition coefficient (Wildman–Crippen LogP) is 1.80. The maximum absolute atomic E-state index is 12.5. The number of morpholine rings is 1. The van der Waals surface area contributed by atoms with Gasteiger partial charge in [-0.15, -0.1) is 0 Å². The van der Waals surface area contributed by atoms with E-state index in [4.69, 9.17) is 27.9 Å². The molecule has 32 heavy (non-hydrogen) atoms. The highest BCUT2D eigenvalue weighted by molar-refractivity contribution is 7.87. The molecule has 1 saturated heterocycles. The molecule has 1 atom stereocenters. The summed E-state index contributed by atoms with van der Waals surface area (Å²) in [6.45, 7) is 0.812. The summed E-state index contributed by atoms with van der Waals surface area (Å²) in [4.78, 5) is 27.9. The fourth-order valence-electron chi connectivity index (χ4n) is 3.00. The van der Waals surface area contributed by atoms with Gasteiger partial charge in [0.1, 0.15) is 6.04 Å². The third-order valence-corrected chi connectivity index (χ3v) is 6.83. The minimum atomic E-state index is -3.98. The fraction of sp³-hybridized carbons (Fsp3) is 0.316. The van der Waals surface area contributed by atoms with Gasteiger partial charge in [0.05, 0.1) is 28.8 Å². The maximum atomic E-state index is 12.5. The van der Waals surface area contributed by atoms with Crippen LogP contribution in [-0.4, -0.2) is 67.0 Å². The lowest BCUT2D eigenvalue weighted by molar-refractivity contribution is -0.138. The van der Waals surface area contributed by atoms with Crippen LogP contribution < -0.4 is 10.0 Å². The predicted molar refractivity (Wildman–Crippen MR) is 118 cm³/mol. The number of nitrogens with one attached hydrogen (secondary N) is 2.